The minimum atomic E-state index is -0.750. The normalized spacial score (nSPS) is 20.2. The molecule has 1 aliphatic rings. The summed E-state index contributed by atoms with van der Waals surface area (Å²) in [4.78, 5) is 23.3. The minimum Gasteiger partial charge on any atom is -0.490 e. The van der Waals surface area contributed by atoms with Crippen LogP contribution in [0.4, 0.5) is 0 Å². The Kier molecular flexibility index (Phi) is 4.42. The van der Waals surface area contributed by atoms with Gasteiger partial charge in [-0.15, -0.1) is 0 Å². The second kappa shape index (κ2) is 6.65. The number of hydrogen-bond acceptors (Lipinski definition) is 3. The summed E-state index contributed by atoms with van der Waals surface area (Å²) in [7, 11) is 0. The van der Waals surface area contributed by atoms with Crippen LogP contribution in [0.5, 0.6) is 5.75 Å². The number of carboxylic acid groups (broad SMARTS) is 1. The molecule has 1 N–H and O–H groups in total. The van der Waals surface area contributed by atoms with Crippen LogP contribution in [0.3, 0.4) is 0 Å². The first kappa shape index (κ1) is 15.3. The molecule has 3 rings (SSSR count). The number of benzene rings is 2. The zero-order valence-electron chi connectivity index (χ0n) is 12.6. The van der Waals surface area contributed by atoms with Crippen LogP contribution in [0, 0.1) is 5.92 Å². The summed E-state index contributed by atoms with van der Waals surface area (Å²) >= 11 is 0. The number of aliphatic carboxylic acids is 1. The van der Waals surface area contributed by atoms with E-state index < -0.39 is 5.97 Å². The highest BCUT2D eigenvalue weighted by molar-refractivity contribution is 6.08. The lowest BCUT2D eigenvalue weighted by molar-refractivity contribution is -0.141. The third-order valence-corrected chi connectivity index (χ3v) is 4.19. The Bertz CT molecular complexity index is 691. The highest BCUT2D eigenvalue weighted by Crippen LogP contribution is 2.29. The van der Waals surface area contributed by atoms with Gasteiger partial charge in [-0.1, -0.05) is 30.3 Å². The second-order valence-corrected chi connectivity index (χ2v) is 5.81. The van der Waals surface area contributed by atoms with E-state index in [2.05, 4.69) is 0 Å². The van der Waals surface area contributed by atoms with Gasteiger partial charge in [-0.05, 0) is 43.5 Å². The molecule has 4 nitrogen and oxygen atoms in total. The van der Waals surface area contributed by atoms with Crippen molar-refractivity contribution < 1.29 is 19.4 Å². The maximum absolute atomic E-state index is 12.3. The van der Waals surface area contributed by atoms with Gasteiger partial charge in [0.05, 0.1) is 12.0 Å². The van der Waals surface area contributed by atoms with Gasteiger partial charge in [0.2, 0.25) is 0 Å². The number of carbonyl (C=O) groups excluding carboxylic acids is 1. The molecule has 2 aromatic rings. The monoisotopic (exact) mass is 310 g/mol. The van der Waals surface area contributed by atoms with Crippen molar-refractivity contribution in [3.05, 3.63) is 65.7 Å². The van der Waals surface area contributed by atoms with Gasteiger partial charge in [-0.2, -0.15) is 0 Å². The molecule has 1 saturated carbocycles. The van der Waals surface area contributed by atoms with E-state index in [1.54, 1.807) is 36.4 Å². The molecule has 0 spiro atoms. The lowest BCUT2D eigenvalue weighted by Crippen LogP contribution is -2.15. The van der Waals surface area contributed by atoms with Crippen molar-refractivity contribution in [3.8, 4) is 5.75 Å². The Balaban J connectivity index is 1.64. The van der Waals surface area contributed by atoms with E-state index in [-0.39, 0.29) is 17.8 Å². The molecular weight excluding hydrogens is 292 g/mol. The predicted octanol–water partition coefficient (Wildman–Crippen LogP) is 3.55. The number of ether oxygens (including phenoxy) is 1. The minimum absolute atomic E-state index is 0.0241. The molecule has 23 heavy (non-hydrogen) atoms. The van der Waals surface area contributed by atoms with E-state index in [4.69, 9.17) is 9.84 Å². The Labute approximate surface area is 134 Å². The van der Waals surface area contributed by atoms with Crippen molar-refractivity contribution in [2.45, 2.75) is 25.4 Å². The van der Waals surface area contributed by atoms with Gasteiger partial charge < -0.3 is 9.84 Å². The van der Waals surface area contributed by atoms with Gasteiger partial charge in [0.25, 0.3) is 0 Å². The summed E-state index contributed by atoms with van der Waals surface area (Å²) < 4.78 is 5.82. The third kappa shape index (κ3) is 3.59. The zero-order chi connectivity index (χ0) is 16.2. The third-order valence-electron chi connectivity index (χ3n) is 4.19. The van der Waals surface area contributed by atoms with Gasteiger partial charge in [0, 0.05) is 11.1 Å². The van der Waals surface area contributed by atoms with Crippen LogP contribution in [-0.4, -0.2) is 23.0 Å². The number of carbonyl (C=O) groups is 2. The Hall–Kier alpha value is -2.62. The molecule has 1 aliphatic carbocycles. The first-order chi connectivity index (χ1) is 11.1. The van der Waals surface area contributed by atoms with E-state index >= 15 is 0 Å². The van der Waals surface area contributed by atoms with Crippen LogP contribution in [0.15, 0.2) is 54.6 Å². The van der Waals surface area contributed by atoms with Gasteiger partial charge in [0.1, 0.15) is 5.75 Å². The fourth-order valence-corrected chi connectivity index (χ4v) is 2.90. The van der Waals surface area contributed by atoms with Crippen molar-refractivity contribution >= 4 is 11.8 Å². The maximum atomic E-state index is 12.3. The summed E-state index contributed by atoms with van der Waals surface area (Å²) in [5.74, 6) is -0.409. The first-order valence-electron chi connectivity index (χ1n) is 7.73. The van der Waals surface area contributed by atoms with Crippen LogP contribution < -0.4 is 4.74 Å². The maximum Gasteiger partial charge on any atom is 0.306 e. The molecule has 0 aromatic heterocycles. The molecule has 2 atom stereocenters. The summed E-state index contributed by atoms with van der Waals surface area (Å²) in [6.07, 6.45) is 1.89. The van der Waals surface area contributed by atoms with Crippen molar-refractivity contribution in [3.63, 3.8) is 0 Å². The molecule has 0 amide bonds. The molecule has 1 fully saturated rings. The second-order valence-electron chi connectivity index (χ2n) is 5.81. The van der Waals surface area contributed by atoms with Crippen molar-refractivity contribution in [1.82, 2.24) is 0 Å². The van der Waals surface area contributed by atoms with E-state index in [1.165, 1.54) is 0 Å². The lowest BCUT2D eigenvalue weighted by atomic mass is 10.0. The molecule has 0 saturated heterocycles. The molecule has 4 heteroatoms. The van der Waals surface area contributed by atoms with Crippen molar-refractivity contribution in [2.75, 3.05) is 0 Å². The van der Waals surface area contributed by atoms with Crippen LogP contribution in [0.1, 0.15) is 35.2 Å². The lowest BCUT2D eigenvalue weighted by Gasteiger charge is -2.13. The number of rotatable bonds is 5. The molecule has 0 aliphatic heterocycles. The van der Waals surface area contributed by atoms with Gasteiger partial charge in [0.15, 0.2) is 5.78 Å². The fraction of sp³-hybridized carbons (Fsp3) is 0.263. The van der Waals surface area contributed by atoms with E-state index in [0.29, 0.717) is 29.7 Å². The molecule has 2 aromatic carbocycles. The van der Waals surface area contributed by atoms with Crippen LogP contribution >= 0.6 is 0 Å². The largest absolute Gasteiger partial charge is 0.490 e. The average molecular weight is 310 g/mol. The number of hydrogen-bond donors (Lipinski definition) is 1. The van der Waals surface area contributed by atoms with Crippen molar-refractivity contribution in [1.29, 1.82) is 0 Å². The molecule has 0 radical (unpaired) electrons. The zero-order valence-corrected chi connectivity index (χ0v) is 12.6. The van der Waals surface area contributed by atoms with Gasteiger partial charge in [-0.25, -0.2) is 0 Å². The first-order valence-corrected chi connectivity index (χ1v) is 7.73. The van der Waals surface area contributed by atoms with E-state index in [0.717, 1.165) is 6.42 Å². The number of ketones is 1. The molecule has 0 bridgehead atoms. The summed E-state index contributed by atoms with van der Waals surface area (Å²) in [5.41, 5.74) is 1.26. The molecule has 118 valence electrons. The predicted molar refractivity (Wildman–Crippen MR) is 85.7 cm³/mol. The number of carboxylic acids is 1. The Morgan fingerprint density at radius 2 is 1.57 bits per heavy atom. The summed E-state index contributed by atoms with van der Waals surface area (Å²) in [6, 6.07) is 16.2. The molecule has 0 heterocycles. The van der Waals surface area contributed by atoms with Crippen molar-refractivity contribution in [2.24, 2.45) is 5.92 Å². The topological polar surface area (TPSA) is 63.6 Å². The highest BCUT2D eigenvalue weighted by Gasteiger charge is 2.30. The smallest absolute Gasteiger partial charge is 0.306 e. The molecule has 0 unspecified atom stereocenters. The van der Waals surface area contributed by atoms with Gasteiger partial charge in [-0.3, -0.25) is 9.59 Å². The average Bonchev–Trinajstić information content (AvgIpc) is 3.04. The summed E-state index contributed by atoms with van der Waals surface area (Å²) in [6.45, 7) is 0. The molecular formula is C19H18O4. The Morgan fingerprint density at radius 3 is 2.17 bits per heavy atom. The standard InChI is InChI=1S/C19H18O4/c20-18(13-4-2-1-3-5-13)14-6-9-16(10-7-14)23-17-11-8-15(12-17)19(21)22/h1-7,9-10,15,17H,8,11-12H2,(H,21,22)/t15-,17-/m0/s1. The van der Waals surface area contributed by atoms with Crippen LogP contribution in [0.2, 0.25) is 0 Å². The quantitative estimate of drug-likeness (QED) is 0.858. The van der Waals surface area contributed by atoms with Crippen LogP contribution in [0.25, 0.3) is 0 Å². The SMILES string of the molecule is O=C(c1ccccc1)c1ccc(O[C@H]2CC[C@H](C(=O)O)C2)cc1. The van der Waals surface area contributed by atoms with Gasteiger partial charge >= 0.3 is 5.97 Å². The van der Waals surface area contributed by atoms with E-state index in [1.807, 2.05) is 18.2 Å². The van der Waals surface area contributed by atoms with Crippen LogP contribution in [-0.2, 0) is 4.79 Å². The van der Waals surface area contributed by atoms with E-state index in [9.17, 15) is 9.59 Å². The highest BCUT2D eigenvalue weighted by atomic mass is 16.5. The summed E-state index contributed by atoms with van der Waals surface area (Å²) in [5, 5.41) is 9.01. The Morgan fingerprint density at radius 1 is 0.913 bits per heavy atom. The fourth-order valence-electron chi connectivity index (χ4n) is 2.90.